The van der Waals surface area contributed by atoms with Gasteiger partial charge in [0.15, 0.2) is 0 Å². The molecule has 19 heavy (non-hydrogen) atoms. The molecule has 4 nitrogen and oxygen atoms in total. The monoisotopic (exact) mass is 257 g/mol. The molecular weight excluding hydrogens is 242 g/mol. The van der Waals surface area contributed by atoms with E-state index in [1.807, 2.05) is 32.0 Å². The van der Waals surface area contributed by atoms with Crippen LogP contribution in [0, 0.1) is 20.8 Å². The molecule has 2 rings (SSSR count). The third kappa shape index (κ3) is 2.29. The van der Waals surface area contributed by atoms with Crippen LogP contribution in [0.5, 0.6) is 0 Å². The van der Waals surface area contributed by atoms with E-state index < -0.39 is 11.5 Å². The first-order chi connectivity index (χ1) is 8.91. The summed E-state index contributed by atoms with van der Waals surface area (Å²) in [6.45, 7) is 5.54. The fourth-order valence-electron chi connectivity index (χ4n) is 2.06. The molecule has 1 heterocycles. The number of carboxylic acids is 1. The molecule has 0 radical (unpaired) electrons. The Morgan fingerprint density at radius 3 is 2.42 bits per heavy atom. The van der Waals surface area contributed by atoms with Crippen molar-refractivity contribution in [3.05, 3.63) is 63.1 Å². The van der Waals surface area contributed by atoms with E-state index in [1.165, 1.54) is 10.6 Å². The highest BCUT2D eigenvalue weighted by Gasteiger charge is 2.15. The van der Waals surface area contributed by atoms with Crippen LogP contribution >= 0.6 is 0 Å². The molecule has 2 aromatic rings. The van der Waals surface area contributed by atoms with Crippen molar-refractivity contribution in [2.45, 2.75) is 20.8 Å². The summed E-state index contributed by atoms with van der Waals surface area (Å²) in [5.74, 6) is -1.20. The number of benzene rings is 1. The molecule has 1 aromatic heterocycles. The molecule has 0 spiro atoms. The summed E-state index contributed by atoms with van der Waals surface area (Å²) in [6.07, 6.45) is 0. The SMILES string of the molecule is Cc1cccc(-n2c(C)c(C)cc(C(=O)O)c2=O)c1. The van der Waals surface area contributed by atoms with Crippen LogP contribution in [0.3, 0.4) is 0 Å². The lowest BCUT2D eigenvalue weighted by Crippen LogP contribution is -2.27. The molecule has 4 heteroatoms. The number of aromatic carboxylic acids is 1. The molecule has 0 aliphatic heterocycles. The van der Waals surface area contributed by atoms with Gasteiger partial charge in [-0.25, -0.2) is 4.79 Å². The maximum absolute atomic E-state index is 12.3. The quantitative estimate of drug-likeness (QED) is 0.899. The number of pyridine rings is 1. The summed E-state index contributed by atoms with van der Waals surface area (Å²) in [7, 11) is 0. The van der Waals surface area contributed by atoms with Crippen LogP contribution in [-0.2, 0) is 0 Å². The number of carboxylic acid groups (broad SMARTS) is 1. The second kappa shape index (κ2) is 4.72. The molecule has 1 aromatic carbocycles. The van der Waals surface area contributed by atoms with Gasteiger partial charge in [0.25, 0.3) is 5.56 Å². The first-order valence-electron chi connectivity index (χ1n) is 5.95. The molecule has 0 aliphatic rings. The van der Waals surface area contributed by atoms with Crippen LogP contribution in [0.15, 0.2) is 35.1 Å². The fourth-order valence-corrected chi connectivity index (χ4v) is 2.06. The van der Waals surface area contributed by atoms with Crippen molar-refractivity contribution in [1.29, 1.82) is 0 Å². The molecule has 0 unspecified atom stereocenters. The number of hydrogen-bond acceptors (Lipinski definition) is 2. The summed E-state index contributed by atoms with van der Waals surface area (Å²) in [5, 5.41) is 9.09. The van der Waals surface area contributed by atoms with E-state index in [1.54, 1.807) is 13.0 Å². The number of aryl methyl sites for hydroxylation is 2. The summed E-state index contributed by atoms with van der Waals surface area (Å²) < 4.78 is 1.45. The normalized spacial score (nSPS) is 10.5. The molecule has 0 amide bonds. The van der Waals surface area contributed by atoms with Crippen LogP contribution in [-0.4, -0.2) is 15.6 Å². The van der Waals surface area contributed by atoms with Crippen LogP contribution in [0.4, 0.5) is 0 Å². The first kappa shape index (κ1) is 13.1. The molecule has 0 saturated carbocycles. The highest BCUT2D eigenvalue weighted by Crippen LogP contribution is 2.14. The van der Waals surface area contributed by atoms with Gasteiger partial charge in [-0.2, -0.15) is 0 Å². The molecule has 0 bridgehead atoms. The average Bonchev–Trinajstić information content (AvgIpc) is 2.34. The van der Waals surface area contributed by atoms with Gasteiger partial charge in [0.05, 0.1) is 0 Å². The summed E-state index contributed by atoms with van der Waals surface area (Å²) in [5.41, 5.74) is 2.53. The van der Waals surface area contributed by atoms with E-state index in [9.17, 15) is 9.59 Å². The van der Waals surface area contributed by atoms with Crippen molar-refractivity contribution in [3.8, 4) is 5.69 Å². The lowest BCUT2D eigenvalue weighted by Gasteiger charge is -2.14. The standard InChI is InChI=1S/C15H15NO3/c1-9-5-4-6-12(7-9)16-11(3)10(2)8-13(14(16)17)15(18)19/h4-8H,1-3H3,(H,18,19). The van der Waals surface area contributed by atoms with Gasteiger partial charge in [-0.3, -0.25) is 9.36 Å². The Labute approximate surface area is 110 Å². The first-order valence-corrected chi connectivity index (χ1v) is 5.95. The fraction of sp³-hybridized carbons (Fsp3) is 0.200. The summed E-state index contributed by atoms with van der Waals surface area (Å²) >= 11 is 0. The van der Waals surface area contributed by atoms with Crippen molar-refractivity contribution in [1.82, 2.24) is 4.57 Å². The van der Waals surface area contributed by atoms with Crippen molar-refractivity contribution in [3.63, 3.8) is 0 Å². The highest BCUT2D eigenvalue weighted by molar-refractivity contribution is 5.87. The minimum Gasteiger partial charge on any atom is -0.477 e. The zero-order chi connectivity index (χ0) is 14.2. The third-order valence-electron chi connectivity index (χ3n) is 3.19. The smallest absolute Gasteiger partial charge is 0.341 e. The highest BCUT2D eigenvalue weighted by atomic mass is 16.4. The Balaban J connectivity index is 2.83. The number of carbonyl (C=O) groups is 1. The second-order valence-electron chi connectivity index (χ2n) is 4.61. The maximum Gasteiger partial charge on any atom is 0.341 e. The van der Waals surface area contributed by atoms with Gasteiger partial charge >= 0.3 is 5.97 Å². The molecule has 0 saturated heterocycles. The maximum atomic E-state index is 12.3. The number of nitrogens with zero attached hydrogens (tertiary/aromatic N) is 1. The Bertz CT molecular complexity index is 714. The van der Waals surface area contributed by atoms with E-state index in [0.29, 0.717) is 5.69 Å². The predicted molar refractivity (Wildman–Crippen MR) is 73.2 cm³/mol. The zero-order valence-electron chi connectivity index (χ0n) is 11.1. The molecule has 0 fully saturated rings. The molecule has 98 valence electrons. The van der Waals surface area contributed by atoms with Crippen molar-refractivity contribution in [2.24, 2.45) is 0 Å². The van der Waals surface area contributed by atoms with Crippen LogP contribution < -0.4 is 5.56 Å². The van der Waals surface area contributed by atoms with Crippen molar-refractivity contribution in [2.75, 3.05) is 0 Å². The Hall–Kier alpha value is -2.36. The molecule has 0 atom stereocenters. The van der Waals surface area contributed by atoms with Crippen LogP contribution in [0.1, 0.15) is 27.2 Å². The molecule has 0 aliphatic carbocycles. The topological polar surface area (TPSA) is 59.3 Å². The lowest BCUT2D eigenvalue weighted by molar-refractivity contribution is 0.0694. The number of aromatic nitrogens is 1. The van der Waals surface area contributed by atoms with Gasteiger partial charge in [0, 0.05) is 11.4 Å². The minimum atomic E-state index is -1.20. The van der Waals surface area contributed by atoms with E-state index in [0.717, 1.165) is 16.8 Å². The molecule has 1 N–H and O–H groups in total. The Morgan fingerprint density at radius 2 is 1.84 bits per heavy atom. The Kier molecular flexibility index (Phi) is 3.25. The van der Waals surface area contributed by atoms with E-state index in [4.69, 9.17) is 5.11 Å². The third-order valence-corrected chi connectivity index (χ3v) is 3.19. The van der Waals surface area contributed by atoms with Crippen LogP contribution in [0.25, 0.3) is 5.69 Å². The van der Waals surface area contributed by atoms with Gasteiger partial charge in [0.1, 0.15) is 5.56 Å². The predicted octanol–water partition coefficient (Wildman–Crippen LogP) is 2.46. The Morgan fingerprint density at radius 1 is 1.16 bits per heavy atom. The number of rotatable bonds is 2. The number of hydrogen-bond donors (Lipinski definition) is 1. The van der Waals surface area contributed by atoms with Gasteiger partial charge in [0.2, 0.25) is 0 Å². The second-order valence-corrected chi connectivity index (χ2v) is 4.61. The van der Waals surface area contributed by atoms with Gasteiger partial charge in [-0.05, 0) is 50.1 Å². The van der Waals surface area contributed by atoms with E-state index >= 15 is 0 Å². The van der Waals surface area contributed by atoms with Gasteiger partial charge in [-0.15, -0.1) is 0 Å². The van der Waals surface area contributed by atoms with Crippen molar-refractivity contribution >= 4 is 5.97 Å². The van der Waals surface area contributed by atoms with Gasteiger partial charge < -0.3 is 5.11 Å². The lowest BCUT2D eigenvalue weighted by atomic mass is 10.1. The largest absolute Gasteiger partial charge is 0.477 e. The molecular formula is C15H15NO3. The van der Waals surface area contributed by atoms with Crippen molar-refractivity contribution < 1.29 is 9.90 Å². The van der Waals surface area contributed by atoms with E-state index in [-0.39, 0.29) is 5.56 Å². The van der Waals surface area contributed by atoms with Gasteiger partial charge in [-0.1, -0.05) is 12.1 Å². The summed E-state index contributed by atoms with van der Waals surface area (Å²) in [6, 6.07) is 8.86. The van der Waals surface area contributed by atoms with Crippen LogP contribution in [0.2, 0.25) is 0 Å². The average molecular weight is 257 g/mol. The van der Waals surface area contributed by atoms with E-state index in [2.05, 4.69) is 0 Å². The minimum absolute atomic E-state index is 0.204. The zero-order valence-corrected chi connectivity index (χ0v) is 11.1. The summed E-state index contributed by atoms with van der Waals surface area (Å²) in [4.78, 5) is 23.4.